The molecule has 190 valence electrons. The van der Waals surface area contributed by atoms with Crippen molar-refractivity contribution in [2.24, 2.45) is 0 Å². The second kappa shape index (κ2) is 11.2. The van der Waals surface area contributed by atoms with Gasteiger partial charge in [0.1, 0.15) is 12.6 Å². The molecular weight excluding hydrogens is 490 g/mol. The zero-order valence-corrected chi connectivity index (χ0v) is 21.1. The molecule has 2 aliphatic rings. The number of benzene rings is 3. The maximum Gasteiger partial charge on any atom is 0.338 e. The lowest BCUT2D eigenvalue weighted by Gasteiger charge is -2.38. The van der Waals surface area contributed by atoms with Crippen LogP contribution >= 0.6 is 11.6 Å². The van der Waals surface area contributed by atoms with Crippen LogP contribution in [0.15, 0.2) is 78.9 Å². The van der Waals surface area contributed by atoms with Gasteiger partial charge in [-0.3, -0.25) is 14.5 Å². The number of hydrogen-bond donors (Lipinski definition) is 1. The minimum atomic E-state index is -0.650. The highest BCUT2D eigenvalue weighted by Crippen LogP contribution is 2.31. The van der Waals surface area contributed by atoms with E-state index in [0.29, 0.717) is 29.4 Å². The number of amides is 2. The summed E-state index contributed by atoms with van der Waals surface area (Å²) in [6.45, 7) is 1.10. The first-order valence-corrected chi connectivity index (χ1v) is 12.8. The van der Waals surface area contributed by atoms with E-state index in [4.69, 9.17) is 16.3 Å². The second-order valence-electron chi connectivity index (χ2n) is 9.35. The van der Waals surface area contributed by atoms with Gasteiger partial charge >= 0.3 is 5.97 Å². The normalized spacial score (nSPS) is 17.4. The van der Waals surface area contributed by atoms with Crippen molar-refractivity contribution >= 4 is 35.1 Å². The highest BCUT2D eigenvalue weighted by molar-refractivity contribution is 6.30. The van der Waals surface area contributed by atoms with Gasteiger partial charge in [-0.25, -0.2) is 4.79 Å². The van der Waals surface area contributed by atoms with Gasteiger partial charge in [-0.1, -0.05) is 54.1 Å². The number of piperazine rings is 1. The van der Waals surface area contributed by atoms with E-state index < -0.39 is 12.0 Å². The van der Waals surface area contributed by atoms with Crippen LogP contribution in [0.4, 0.5) is 5.69 Å². The molecule has 0 bridgehead atoms. The van der Waals surface area contributed by atoms with E-state index in [2.05, 4.69) is 5.32 Å². The van der Waals surface area contributed by atoms with Crippen LogP contribution in [-0.4, -0.2) is 47.9 Å². The number of anilines is 1. The van der Waals surface area contributed by atoms with Crippen molar-refractivity contribution in [3.8, 4) is 0 Å². The Morgan fingerprint density at radius 2 is 1.73 bits per heavy atom. The first-order chi connectivity index (χ1) is 18.0. The Labute approximate surface area is 221 Å². The van der Waals surface area contributed by atoms with Crippen LogP contribution in [0.3, 0.4) is 0 Å². The molecule has 2 amide bonds. The van der Waals surface area contributed by atoms with Crippen molar-refractivity contribution in [3.63, 3.8) is 0 Å². The molecule has 1 heterocycles. The van der Waals surface area contributed by atoms with E-state index in [9.17, 15) is 14.4 Å². The van der Waals surface area contributed by atoms with Gasteiger partial charge in [-0.2, -0.15) is 0 Å². The van der Waals surface area contributed by atoms with Crippen molar-refractivity contribution in [3.05, 3.63) is 101 Å². The lowest BCUT2D eigenvalue weighted by Crippen LogP contribution is -2.61. The maximum atomic E-state index is 13.8. The van der Waals surface area contributed by atoms with Gasteiger partial charge in [0.05, 0.1) is 12.1 Å². The number of rotatable bonds is 8. The van der Waals surface area contributed by atoms with Crippen LogP contribution < -0.4 is 10.2 Å². The molecule has 0 radical (unpaired) electrons. The number of ether oxygens (including phenoxy) is 1. The molecule has 3 aromatic carbocycles. The average Bonchev–Trinajstić information content (AvgIpc) is 3.76. The van der Waals surface area contributed by atoms with E-state index >= 15 is 0 Å². The molecule has 1 saturated heterocycles. The van der Waals surface area contributed by atoms with Gasteiger partial charge in [0.2, 0.25) is 11.8 Å². The number of nitrogens with one attached hydrogen (secondary N) is 1. The molecule has 5 rings (SSSR count). The SMILES string of the molecule is O=C(OCc1ccc(N2C(=O)CNC[C@@H]2C(=O)N(Cc2cccc(Cl)c2)C2CC2)cc1)c1ccccc1. The third kappa shape index (κ3) is 6.01. The Balaban J connectivity index is 1.30. The average molecular weight is 518 g/mol. The third-order valence-corrected chi connectivity index (χ3v) is 6.82. The summed E-state index contributed by atoms with van der Waals surface area (Å²) >= 11 is 6.16. The molecule has 1 saturated carbocycles. The molecule has 0 unspecified atom stereocenters. The number of carbonyl (C=O) groups excluding carboxylic acids is 3. The van der Waals surface area contributed by atoms with Gasteiger partial charge in [-0.15, -0.1) is 0 Å². The second-order valence-corrected chi connectivity index (χ2v) is 9.78. The van der Waals surface area contributed by atoms with Crippen molar-refractivity contribution in [2.75, 3.05) is 18.0 Å². The highest BCUT2D eigenvalue weighted by Gasteiger charge is 2.41. The molecule has 8 heteroatoms. The lowest BCUT2D eigenvalue weighted by molar-refractivity contribution is -0.136. The predicted octanol–water partition coefficient (Wildman–Crippen LogP) is 4.19. The summed E-state index contributed by atoms with van der Waals surface area (Å²) in [5, 5.41) is 3.73. The summed E-state index contributed by atoms with van der Waals surface area (Å²) < 4.78 is 5.41. The molecule has 1 atom stereocenters. The molecule has 0 aromatic heterocycles. The number of nitrogens with zero attached hydrogens (tertiary/aromatic N) is 2. The first kappa shape index (κ1) is 25.0. The van der Waals surface area contributed by atoms with Crippen molar-refractivity contribution < 1.29 is 19.1 Å². The number of carbonyl (C=O) groups is 3. The molecule has 0 spiro atoms. The van der Waals surface area contributed by atoms with Gasteiger partial charge in [0, 0.05) is 29.8 Å². The largest absolute Gasteiger partial charge is 0.457 e. The lowest BCUT2D eigenvalue weighted by atomic mass is 10.1. The minimum Gasteiger partial charge on any atom is -0.457 e. The highest BCUT2D eigenvalue weighted by atomic mass is 35.5. The topological polar surface area (TPSA) is 79.0 Å². The standard InChI is InChI=1S/C29H28ClN3O4/c30-23-8-4-5-21(15-23)18-32(24-13-14-24)28(35)26-16-31-17-27(34)33(26)25-11-9-20(10-12-25)19-37-29(36)22-6-2-1-3-7-22/h1-12,15,24,26,31H,13-14,16-19H2/t26-/m1/s1. The monoisotopic (exact) mass is 517 g/mol. The van der Waals surface area contributed by atoms with Gasteiger partial charge < -0.3 is 15.0 Å². The van der Waals surface area contributed by atoms with Crippen LogP contribution in [0.2, 0.25) is 5.02 Å². The van der Waals surface area contributed by atoms with Crippen LogP contribution in [0.25, 0.3) is 0 Å². The molecule has 3 aromatic rings. The molecule has 2 fully saturated rings. The summed E-state index contributed by atoms with van der Waals surface area (Å²) in [5.74, 6) is -0.636. The smallest absolute Gasteiger partial charge is 0.338 e. The fourth-order valence-electron chi connectivity index (χ4n) is 4.54. The quantitative estimate of drug-likeness (QED) is 0.453. The molecule has 7 nitrogen and oxygen atoms in total. The van der Waals surface area contributed by atoms with Gasteiger partial charge in [0.15, 0.2) is 0 Å². The molecule has 37 heavy (non-hydrogen) atoms. The molecule has 1 aliphatic carbocycles. The zero-order chi connectivity index (χ0) is 25.8. The Hall–Kier alpha value is -3.68. The van der Waals surface area contributed by atoms with Gasteiger partial charge in [0.25, 0.3) is 0 Å². The van der Waals surface area contributed by atoms with Crippen LogP contribution in [0.1, 0.15) is 34.3 Å². The van der Waals surface area contributed by atoms with E-state index in [1.807, 2.05) is 47.4 Å². The maximum absolute atomic E-state index is 13.8. The number of esters is 1. The molecule has 1 N–H and O–H groups in total. The van der Waals surface area contributed by atoms with E-state index in [-0.39, 0.29) is 31.0 Å². The van der Waals surface area contributed by atoms with E-state index in [1.54, 1.807) is 41.3 Å². The Kier molecular flexibility index (Phi) is 7.53. The fraction of sp³-hybridized carbons (Fsp3) is 0.276. The van der Waals surface area contributed by atoms with Crippen LogP contribution in [0.5, 0.6) is 0 Å². The summed E-state index contributed by atoms with van der Waals surface area (Å²) in [6.07, 6.45) is 1.91. The zero-order valence-electron chi connectivity index (χ0n) is 20.3. The van der Waals surface area contributed by atoms with Crippen LogP contribution in [0, 0.1) is 0 Å². The summed E-state index contributed by atoms with van der Waals surface area (Å²) in [4.78, 5) is 42.5. The van der Waals surface area contributed by atoms with Crippen molar-refractivity contribution in [2.45, 2.75) is 38.1 Å². The predicted molar refractivity (Wildman–Crippen MR) is 141 cm³/mol. The first-order valence-electron chi connectivity index (χ1n) is 12.4. The number of halogens is 1. The third-order valence-electron chi connectivity index (χ3n) is 6.59. The Morgan fingerprint density at radius 3 is 2.43 bits per heavy atom. The number of hydrogen-bond acceptors (Lipinski definition) is 5. The van der Waals surface area contributed by atoms with Crippen LogP contribution in [-0.2, 0) is 27.5 Å². The fourth-order valence-corrected chi connectivity index (χ4v) is 4.76. The summed E-state index contributed by atoms with van der Waals surface area (Å²) in [7, 11) is 0. The van der Waals surface area contributed by atoms with Crippen molar-refractivity contribution in [1.29, 1.82) is 0 Å². The van der Waals surface area contributed by atoms with E-state index in [0.717, 1.165) is 24.0 Å². The van der Waals surface area contributed by atoms with E-state index in [1.165, 1.54) is 0 Å². The molecule has 1 aliphatic heterocycles. The summed E-state index contributed by atoms with van der Waals surface area (Å²) in [5.41, 5.74) is 2.88. The molecular formula is C29H28ClN3O4. The Morgan fingerprint density at radius 1 is 0.973 bits per heavy atom. The van der Waals surface area contributed by atoms with Crippen molar-refractivity contribution in [1.82, 2.24) is 10.2 Å². The summed E-state index contributed by atoms with van der Waals surface area (Å²) in [6, 6.07) is 23.1. The van der Waals surface area contributed by atoms with Gasteiger partial charge in [-0.05, 0) is 60.4 Å². The minimum absolute atomic E-state index is 0.0797. The Bertz CT molecular complexity index is 1280.